The number of hydrogen-bond donors (Lipinski definition) is 0. The average molecular weight is 441 g/mol. The van der Waals surface area contributed by atoms with Gasteiger partial charge in [-0.3, -0.25) is 0 Å². The molecule has 0 rings (SSSR count). The third-order valence-electron chi connectivity index (χ3n) is 4.69. The van der Waals surface area contributed by atoms with Crippen molar-refractivity contribution in [1.29, 1.82) is 5.26 Å². The molecular formula is C18H31F3N2O3SSi. The molecule has 0 saturated heterocycles. The van der Waals surface area contributed by atoms with Gasteiger partial charge < -0.3 is 4.43 Å². The molecule has 0 aliphatic rings. The Kier molecular flexibility index (Phi) is 10.1. The van der Waals surface area contributed by atoms with Gasteiger partial charge in [0.1, 0.15) is 6.54 Å². The molecule has 162 valence electrons. The summed E-state index contributed by atoms with van der Waals surface area (Å²) in [7, 11) is -7.33. The zero-order valence-corrected chi connectivity index (χ0v) is 19.1. The van der Waals surface area contributed by atoms with Gasteiger partial charge in [-0.2, -0.15) is 22.7 Å². The first kappa shape index (κ1) is 26.8. The van der Waals surface area contributed by atoms with Crippen molar-refractivity contribution in [2.24, 2.45) is 0 Å². The Morgan fingerprint density at radius 3 is 2.29 bits per heavy atom. The largest absolute Gasteiger partial charge is 0.511 e. The number of allylic oxidation sites excluding steroid dienone is 1. The fourth-order valence-corrected chi connectivity index (χ4v) is 3.72. The van der Waals surface area contributed by atoms with Crippen LogP contribution >= 0.6 is 0 Å². The van der Waals surface area contributed by atoms with Gasteiger partial charge in [0.2, 0.25) is 0 Å². The summed E-state index contributed by atoms with van der Waals surface area (Å²) >= 11 is 0. The Bertz CT molecular complexity index is 690. The first-order valence-electron chi connectivity index (χ1n) is 8.98. The molecular weight excluding hydrogens is 409 g/mol. The normalized spacial score (nSPS) is 13.9. The van der Waals surface area contributed by atoms with E-state index in [4.69, 9.17) is 9.69 Å². The van der Waals surface area contributed by atoms with Gasteiger partial charge in [-0.25, -0.2) is 8.42 Å². The van der Waals surface area contributed by atoms with Crippen LogP contribution in [0, 0.1) is 11.3 Å². The smallest absolute Gasteiger partial charge is 0.413 e. The van der Waals surface area contributed by atoms with Gasteiger partial charge in [0.15, 0.2) is 8.32 Å². The van der Waals surface area contributed by atoms with E-state index in [0.717, 1.165) is 5.57 Å². The molecule has 0 heterocycles. The molecule has 0 amide bonds. The van der Waals surface area contributed by atoms with Crippen LogP contribution in [0.25, 0.3) is 0 Å². The van der Waals surface area contributed by atoms with Gasteiger partial charge in [0, 0.05) is 6.54 Å². The quantitative estimate of drug-likeness (QED) is 0.197. The Morgan fingerprint density at radius 1 is 1.25 bits per heavy atom. The van der Waals surface area contributed by atoms with Gasteiger partial charge >= 0.3 is 15.5 Å². The first-order chi connectivity index (χ1) is 12.6. The van der Waals surface area contributed by atoms with E-state index < -0.39 is 30.4 Å². The Balaban J connectivity index is 4.41. The van der Waals surface area contributed by atoms with Crippen molar-refractivity contribution < 1.29 is 26.0 Å². The molecule has 0 N–H and O–H groups in total. The number of hydrogen-bond acceptors (Lipinski definition) is 4. The maximum atomic E-state index is 12.6. The summed E-state index contributed by atoms with van der Waals surface area (Å²) < 4.78 is 66.7. The molecule has 0 bridgehead atoms. The maximum Gasteiger partial charge on any atom is 0.511 e. The molecule has 0 fully saturated rings. The highest BCUT2D eigenvalue weighted by molar-refractivity contribution is 7.90. The van der Waals surface area contributed by atoms with Crippen LogP contribution in [-0.4, -0.2) is 46.2 Å². The van der Waals surface area contributed by atoms with Crippen molar-refractivity contribution in [2.75, 3.05) is 19.7 Å². The summed E-state index contributed by atoms with van der Waals surface area (Å²) in [6.07, 6.45) is 4.92. The van der Waals surface area contributed by atoms with Crippen molar-refractivity contribution in [2.45, 2.75) is 63.7 Å². The zero-order chi connectivity index (χ0) is 22.2. The average Bonchev–Trinajstić information content (AvgIpc) is 2.52. The van der Waals surface area contributed by atoms with Gasteiger partial charge in [-0.15, -0.1) is 0 Å². The minimum absolute atomic E-state index is 0.100. The number of halogens is 3. The lowest BCUT2D eigenvalue weighted by molar-refractivity contribution is -0.0486. The molecule has 5 nitrogen and oxygen atoms in total. The van der Waals surface area contributed by atoms with Crippen molar-refractivity contribution >= 4 is 18.3 Å². The highest BCUT2D eigenvalue weighted by atomic mass is 32.2. The van der Waals surface area contributed by atoms with Crippen LogP contribution in [0.5, 0.6) is 0 Å². The van der Waals surface area contributed by atoms with Gasteiger partial charge in [0.05, 0.1) is 12.7 Å². The monoisotopic (exact) mass is 440 g/mol. The SMILES string of the molecule is C=C(/C=C/CCCCN(CC#N)S(=O)(=O)C(F)(F)F)CO[Si](C)(C)C(C)(C)C. The van der Waals surface area contributed by atoms with E-state index in [1.807, 2.05) is 12.2 Å². The van der Waals surface area contributed by atoms with Crippen LogP contribution in [0.4, 0.5) is 13.2 Å². The van der Waals surface area contributed by atoms with E-state index in [1.165, 1.54) is 6.07 Å². The lowest BCUT2D eigenvalue weighted by Crippen LogP contribution is -2.41. The summed E-state index contributed by atoms with van der Waals surface area (Å²) in [5.41, 5.74) is -4.60. The van der Waals surface area contributed by atoms with E-state index in [9.17, 15) is 21.6 Å². The molecule has 0 radical (unpaired) electrons. The Labute approximate surface area is 168 Å². The minimum atomic E-state index is -5.47. The molecule has 10 heteroatoms. The van der Waals surface area contributed by atoms with E-state index in [0.29, 0.717) is 19.4 Å². The summed E-state index contributed by atoms with van der Waals surface area (Å²) in [4.78, 5) is 0. The van der Waals surface area contributed by atoms with Crippen molar-refractivity contribution in [3.63, 3.8) is 0 Å². The first-order valence-corrected chi connectivity index (χ1v) is 13.3. The highest BCUT2D eigenvalue weighted by Crippen LogP contribution is 2.36. The Morgan fingerprint density at radius 2 is 1.82 bits per heavy atom. The summed E-state index contributed by atoms with van der Waals surface area (Å²) in [6, 6.07) is 1.46. The van der Waals surface area contributed by atoms with E-state index in [2.05, 4.69) is 40.4 Å². The van der Waals surface area contributed by atoms with Crippen LogP contribution in [0.2, 0.25) is 18.1 Å². The molecule has 28 heavy (non-hydrogen) atoms. The van der Waals surface area contributed by atoms with Gasteiger partial charge in [-0.05, 0) is 43.0 Å². The van der Waals surface area contributed by atoms with E-state index >= 15 is 0 Å². The second-order valence-corrected chi connectivity index (χ2v) is 14.8. The van der Waals surface area contributed by atoms with Crippen molar-refractivity contribution in [3.8, 4) is 6.07 Å². The number of nitriles is 1. The van der Waals surface area contributed by atoms with Crippen LogP contribution in [0.15, 0.2) is 24.3 Å². The van der Waals surface area contributed by atoms with Crippen LogP contribution in [0.1, 0.15) is 40.0 Å². The molecule has 0 atom stereocenters. The number of nitrogens with zero attached hydrogens (tertiary/aromatic N) is 2. The third kappa shape index (κ3) is 8.47. The molecule has 0 aliphatic heterocycles. The fraction of sp³-hybridized carbons (Fsp3) is 0.722. The number of sulfonamides is 1. The fourth-order valence-electron chi connectivity index (χ4n) is 1.85. The number of alkyl halides is 3. The molecule has 0 aromatic rings. The molecule has 0 unspecified atom stereocenters. The van der Waals surface area contributed by atoms with Gasteiger partial charge in [0.25, 0.3) is 0 Å². The maximum absolute atomic E-state index is 12.6. The number of unbranched alkanes of at least 4 members (excludes halogenated alkanes) is 2. The zero-order valence-electron chi connectivity index (χ0n) is 17.3. The Hall–Kier alpha value is -1.15. The van der Waals surface area contributed by atoms with Crippen LogP contribution in [-0.2, 0) is 14.4 Å². The van der Waals surface area contributed by atoms with Crippen molar-refractivity contribution in [1.82, 2.24) is 4.31 Å². The lowest BCUT2D eigenvalue weighted by Gasteiger charge is -2.36. The summed E-state index contributed by atoms with van der Waals surface area (Å²) in [5.74, 6) is 0. The van der Waals surface area contributed by atoms with Gasteiger partial charge in [-0.1, -0.05) is 39.5 Å². The molecule has 0 spiro atoms. The molecule has 0 aromatic heterocycles. The third-order valence-corrected chi connectivity index (χ3v) is 10.7. The predicted molar refractivity (Wildman–Crippen MR) is 107 cm³/mol. The molecule has 0 saturated carbocycles. The van der Waals surface area contributed by atoms with Crippen LogP contribution < -0.4 is 0 Å². The number of rotatable bonds is 11. The standard InChI is InChI=1S/C18H31F3N2O3SSi/c1-16(15-26-28(5,6)17(2,3)4)11-9-7-8-10-13-23(14-12-22)27(24,25)18(19,20)21/h9,11H,1,7-8,10,13-15H2,2-6H3/b11-9+. The summed E-state index contributed by atoms with van der Waals surface area (Å²) in [6.45, 7) is 13.9. The summed E-state index contributed by atoms with van der Waals surface area (Å²) in [5, 5.41) is 8.67. The molecule has 0 aliphatic carbocycles. The van der Waals surface area contributed by atoms with Crippen LogP contribution in [0.3, 0.4) is 0 Å². The minimum Gasteiger partial charge on any atom is -0.413 e. The van der Waals surface area contributed by atoms with Crippen molar-refractivity contribution in [3.05, 3.63) is 24.3 Å². The highest BCUT2D eigenvalue weighted by Gasteiger charge is 2.49. The lowest BCUT2D eigenvalue weighted by atomic mass is 10.2. The topological polar surface area (TPSA) is 70.4 Å². The van der Waals surface area contributed by atoms with E-state index in [1.54, 1.807) is 0 Å². The second-order valence-electron chi connectivity index (χ2n) is 8.05. The molecule has 0 aromatic carbocycles. The second kappa shape index (κ2) is 10.6. The van der Waals surface area contributed by atoms with E-state index in [-0.39, 0.29) is 22.3 Å². The predicted octanol–water partition coefficient (Wildman–Crippen LogP) is 4.97.